The standard InChI is InChI=1S/C110H181BN4/c1-7-28-72(29-8-1)74-54-60-83(61-55-74)112(84-62-56-75(57-63-84)73-30-9-2-10-31-73)86-70-103-108-104(71-86)115(110-90(78-36-15-5-16-37-78)47-27-48-91(110)79-38-17-6-18-39-79)102-69-85(113-99-52-21-19-43-92(99)93-44-20-22-53-100(93)113)64-67-98(102)111(108)97-66-59-82(87-65-58-81-42-24-50-95-94-49-23-40-80-41-25-51-96(105(80)94)107(87)106(81)95)68-101(97)114(103)109-88(76-32-11-3-12-33-76)45-26-46-89(109)77-34-13-4-14-35-77/h72-110H,1-71H2. The van der Waals surface area contributed by atoms with E-state index in [-0.39, 0.29) is 0 Å². The van der Waals surface area contributed by atoms with Crippen LogP contribution in [0, 0.1) is 142 Å². The van der Waals surface area contributed by atoms with Gasteiger partial charge in [-0.3, -0.25) is 19.6 Å². The highest BCUT2D eigenvalue weighted by atomic mass is 15.3. The van der Waals surface area contributed by atoms with Crippen molar-refractivity contribution in [1.29, 1.82) is 0 Å². The Labute approximate surface area is 709 Å². The van der Waals surface area contributed by atoms with Crippen LogP contribution < -0.4 is 0 Å². The van der Waals surface area contributed by atoms with Crippen LogP contribution in [0.25, 0.3) is 0 Å². The van der Waals surface area contributed by atoms with Gasteiger partial charge in [-0.1, -0.05) is 289 Å². The molecule has 0 aromatic heterocycles. The molecule has 0 aromatic carbocycles. The van der Waals surface area contributed by atoms with Crippen LogP contribution in [-0.4, -0.2) is 98.8 Å². The van der Waals surface area contributed by atoms with E-state index in [2.05, 4.69) is 19.6 Å². The van der Waals surface area contributed by atoms with Gasteiger partial charge in [0, 0.05) is 72.5 Å². The van der Waals surface area contributed by atoms with Crippen LogP contribution in [0.5, 0.6) is 0 Å². The van der Waals surface area contributed by atoms with Crippen LogP contribution >= 0.6 is 0 Å². The first-order valence-corrected chi connectivity index (χ1v) is 56.2. The van der Waals surface area contributed by atoms with Gasteiger partial charge in [-0.25, -0.2) is 0 Å². The van der Waals surface area contributed by atoms with E-state index in [4.69, 9.17) is 0 Å². The van der Waals surface area contributed by atoms with Crippen LogP contribution in [0.2, 0.25) is 17.5 Å². The van der Waals surface area contributed by atoms with Crippen molar-refractivity contribution in [2.45, 2.75) is 546 Å². The molecule has 0 aromatic rings. The summed E-state index contributed by atoms with van der Waals surface area (Å²) in [5.41, 5.74) is 0. The van der Waals surface area contributed by atoms with E-state index in [1.165, 1.54) is 12.8 Å². The highest BCUT2D eigenvalue weighted by Crippen LogP contribution is 2.72. The molecular weight excluding hydrogens is 1390 g/mol. The second-order valence-corrected chi connectivity index (χ2v) is 50.0. The highest BCUT2D eigenvalue weighted by molar-refractivity contribution is 6.65. The SMILES string of the molecule is C1CCC(C2CCC(N(C3CCC(C4CCCCC4)CC3)C3CC4C5B(C6CCC(C7CCC8CCCC9C%10CCCC%11CCCC(C%11%10)C7C89)CC6N4C4C(C6CCCCC6)CCCC4C4CCCCC4)C4CCC(N6C7CCCCC7C7CCCCC76)CC4N(C4C(C6CCCCC6)CCCC4C4CCCCC4)C5C3)CC2)CC1. The molecule has 5 heteroatoms. The van der Waals surface area contributed by atoms with Crippen molar-refractivity contribution in [2.75, 3.05) is 0 Å². The molecule has 27 atom stereocenters. The minimum absolute atomic E-state index is 0.791. The van der Waals surface area contributed by atoms with Crippen LogP contribution in [0.15, 0.2) is 0 Å². The van der Waals surface area contributed by atoms with Crippen molar-refractivity contribution in [3.63, 3.8) is 0 Å². The van der Waals surface area contributed by atoms with Crippen molar-refractivity contribution < 1.29 is 0 Å². The summed E-state index contributed by atoms with van der Waals surface area (Å²) in [6.45, 7) is 0.985. The van der Waals surface area contributed by atoms with Gasteiger partial charge in [-0.05, 0) is 326 Å². The Bertz CT molecular complexity index is 2980. The number of fused-ring (bicyclic) bond motifs is 9. The Morgan fingerprint density at radius 3 is 0.983 bits per heavy atom. The summed E-state index contributed by atoms with van der Waals surface area (Å²) in [6.07, 6.45) is 113. The van der Waals surface area contributed by atoms with Gasteiger partial charge in [0.15, 0.2) is 6.71 Å². The van der Waals surface area contributed by atoms with E-state index in [1.807, 2.05) is 0 Å². The molecule has 644 valence electrons. The Morgan fingerprint density at radius 2 is 0.513 bits per heavy atom. The third kappa shape index (κ3) is 14.8. The van der Waals surface area contributed by atoms with Crippen LogP contribution in [0.1, 0.15) is 456 Å². The molecule has 23 fully saturated rings. The van der Waals surface area contributed by atoms with Crippen molar-refractivity contribution >= 4 is 6.71 Å². The largest absolute Gasteiger partial charge is 0.295 e. The molecule has 4 nitrogen and oxygen atoms in total. The summed E-state index contributed by atoms with van der Waals surface area (Å²) >= 11 is 0. The first-order chi connectivity index (χ1) is 57.1. The summed E-state index contributed by atoms with van der Waals surface area (Å²) in [5.74, 6) is 27.9. The molecule has 115 heavy (non-hydrogen) atoms. The van der Waals surface area contributed by atoms with E-state index < -0.39 is 0 Å². The highest BCUT2D eigenvalue weighted by Gasteiger charge is 2.71. The van der Waals surface area contributed by atoms with Gasteiger partial charge in [0.1, 0.15) is 0 Å². The molecule has 27 unspecified atom stereocenters. The summed E-state index contributed by atoms with van der Waals surface area (Å²) < 4.78 is 0. The maximum Gasteiger partial charge on any atom is 0.156 e. The Hall–Kier alpha value is -0.0951. The molecule has 3 aliphatic heterocycles. The van der Waals surface area contributed by atoms with Gasteiger partial charge >= 0.3 is 0 Å². The molecule has 0 N–H and O–H groups in total. The normalized spacial score (nSPS) is 50.6. The summed E-state index contributed by atoms with van der Waals surface area (Å²) in [7, 11) is 0. The van der Waals surface area contributed by atoms with Crippen LogP contribution in [0.4, 0.5) is 0 Å². The second kappa shape index (κ2) is 35.3. The van der Waals surface area contributed by atoms with Crippen LogP contribution in [0.3, 0.4) is 0 Å². The summed E-state index contributed by atoms with van der Waals surface area (Å²) in [4.78, 5) is 15.6. The van der Waals surface area contributed by atoms with Gasteiger partial charge in [0.2, 0.25) is 0 Å². The van der Waals surface area contributed by atoms with Crippen molar-refractivity contribution in [3.8, 4) is 0 Å². The van der Waals surface area contributed by atoms with E-state index in [0.29, 0.717) is 0 Å². The first-order valence-electron chi connectivity index (χ1n) is 56.2. The van der Waals surface area contributed by atoms with Gasteiger partial charge in [0.25, 0.3) is 0 Å². The summed E-state index contributed by atoms with van der Waals surface area (Å²) in [6, 6.07) is 10.3. The second-order valence-electron chi connectivity index (χ2n) is 50.0. The topological polar surface area (TPSA) is 13.0 Å². The first kappa shape index (κ1) is 79.5. The van der Waals surface area contributed by atoms with Crippen molar-refractivity contribution in [1.82, 2.24) is 19.6 Å². The lowest BCUT2D eigenvalue weighted by Gasteiger charge is -2.73. The average Bonchev–Trinajstić information content (AvgIpc) is 1.07. The van der Waals surface area contributed by atoms with E-state index >= 15 is 0 Å². The monoisotopic (exact) mass is 1570 g/mol. The minimum atomic E-state index is 0.791. The third-order valence-corrected chi connectivity index (χ3v) is 46.3. The number of hydrogen-bond acceptors (Lipinski definition) is 4. The molecule has 0 bridgehead atoms. The molecule has 20 aliphatic carbocycles. The predicted molar refractivity (Wildman–Crippen MR) is 481 cm³/mol. The molecule has 0 radical (unpaired) electrons. The molecule has 23 rings (SSSR count). The van der Waals surface area contributed by atoms with Crippen molar-refractivity contribution in [2.24, 2.45) is 142 Å². The van der Waals surface area contributed by atoms with Gasteiger partial charge in [-0.2, -0.15) is 0 Å². The fourth-order valence-electron chi connectivity index (χ4n) is 42.8. The molecular formula is C110H181BN4. The fourth-order valence-corrected chi connectivity index (χ4v) is 42.8. The maximum absolute atomic E-state index is 4.12. The number of rotatable bonds is 13. The molecule has 20 saturated carbocycles. The van der Waals surface area contributed by atoms with Crippen LogP contribution in [-0.2, 0) is 0 Å². The predicted octanol–water partition coefficient (Wildman–Crippen LogP) is 29.0. The quantitative estimate of drug-likeness (QED) is 0.170. The zero-order chi connectivity index (χ0) is 75.6. The summed E-state index contributed by atoms with van der Waals surface area (Å²) in [5, 5.41) is 0. The molecule has 23 aliphatic rings. The zero-order valence-electron chi connectivity index (χ0n) is 75.1. The lowest BCUT2D eigenvalue weighted by Crippen LogP contribution is -2.78. The van der Waals surface area contributed by atoms with Gasteiger partial charge in [-0.15, -0.1) is 0 Å². The van der Waals surface area contributed by atoms with Gasteiger partial charge in [0.05, 0.1) is 0 Å². The van der Waals surface area contributed by atoms with E-state index in [9.17, 15) is 0 Å². The Morgan fingerprint density at radius 1 is 0.174 bits per heavy atom. The maximum atomic E-state index is 4.12. The smallest absolute Gasteiger partial charge is 0.156 e. The lowest BCUT2D eigenvalue weighted by molar-refractivity contribution is -0.170. The molecule has 3 saturated heterocycles. The zero-order valence-corrected chi connectivity index (χ0v) is 75.1. The van der Waals surface area contributed by atoms with E-state index in [0.717, 1.165) is 239 Å². The van der Waals surface area contributed by atoms with Crippen molar-refractivity contribution in [3.05, 3.63) is 0 Å². The van der Waals surface area contributed by atoms with Gasteiger partial charge < -0.3 is 0 Å². The van der Waals surface area contributed by atoms with E-state index in [1.54, 1.807) is 443 Å². The Balaban J connectivity index is 0.711. The number of nitrogens with zero attached hydrogens (tertiary/aromatic N) is 4. The average molecular weight is 1570 g/mol. The molecule has 0 spiro atoms. The number of hydrogen-bond donors (Lipinski definition) is 0. The minimum Gasteiger partial charge on any atom is -0.295 e. The third-order valence-electron chi connectivity index (χ3n) is 46.3. The molecule has 3 heterocycles. The number of likely N-dealkylation sites (tertiary alicyclic amines) is 1. The lowest BCUT2D eigenvalue weighted by atomic mass is 9.18. The molecule has 0 amide bonds. The Kier molecular flexibility index (Phi) is 24.4. The fraction of sp³-hybridized carbons (Fsp3) is 1.00.